The minimum atomic E-state index is -0.178. The first-order chi connectivity index (χ1) is 9.60. The van der Waals surface area contributed by atoms with Crippen LogP contribution in [0.3, 0.4) is 0 Å². The largest absolute Gasteiger partial charge is 0.408 e. The van der Waals surface area contributed by atoms with E-state index in [0.29, 0.717) is 24.8 Å². The monoisotopic (exact) mass is 282 g/mol. The Morgan fingerprint density at radius 2 is 2.25 bits per heavy atom. The van der Waals surface area contributed by atoms with E-state index in [-0.39, 0.29) is 31.1 Å². The first kappa shape index (κ1) is 14.9. The van der Waals surface area contributed by atoms with Crippen molar-refractivity contribution in [2.75, 3.05) is 25.0 Å². The van der Waals surface area contributed by atoms with Gasteiger partial charge in [0.25, 0.3) is 0 Å². The van der Waals surface area contributed by atoms with Crippen LogP contribution >= 0.6 is 0 Å². The molecule has 0 aromatic carbocycles. The number of carbonyl (C=O) groups excluding carboxylic acids is 1. The van der Waals surface area contributed by atoms with Gasteiger partial charge >= 0.3 is 6.01 Å². The predicted octanol–water partition coefficient (Wildman–Crippen LogP) is 0.978. The number of aromatic nitrogens is 2. The highest BCUT2D eigenvalue weighted by Crippen LogP contribution is 2.39. The molecule has 0 radical (unpaired) electrons. The summed E-state index contributed by atoms with van der Waals surface area (Å²) in [6.07, 6.45) is 2.81. The van der Waals surface area contributed by atoms with Gasteiger partial charge in [0.1, 0.15) is 0 Å². The van der Waals surface area contributed by atoms with Gasteiger partial charge in [-0.2, -0.15) is 0 Å². The van der Waals surface area contributed by atoms with Gasteiger partial charge in [-0.1, -0.05) is 5.10 Å². The lowest BCUT2D eigenvalue weighted by Crippen LogP contribution is -2.39. The smallest absolute Gasteiger partial charge is 0.322 e. The zero-order valence-electron chi connectivity index (χ0n) is 12.0. The van der Waals surface area contributed by atoms with Crippen molar-refractivity contribution in [2.24, 2.45) is 0 Å². The molecule has 1 heterocycles. The molecule has 1 aliphatic rings. The summed E-state index contributed by atoms with van der Waals surface area (Å²) in [6, 6.07) is 0.403. The molecular weight excluding hydrogens is 260 g/mol. The number of aliphatic hydroxyl groups is 1. The molecule has 1 aliphatic carbocycles. The van der Waals surface area contributed by atoms with Crippen LogP contribution in [-0.4, -0.2) is 51.8 Å². The van der Waals surface area contributed by atoms with Crippen LogP contribution in [0, 0.1) is 0 Å². The summed E-state index contributed by atoms with van der Waals surface area (Å²) < 4.78 is 5.39. The Bertz CT molecular complexity index is 443. The highest BCUT2D eigenvalue weighted by atomic mass is 16.4. The fourth-order valence-electron chi connectivity index (χ4n) is 1.92. The summed E-state index contributed by atoms with van der Waals surface area (Å²) in [5, 5.41) is 19.2. The average molecular weight is 282 g/mol. The number of hydrogen-bond donors (Lipinski definition) is 2. The Morgan fingerprint density at radius 3 is 2.85 bits per heavy atom. The van der Waals surface area contributed by atoms with Gasteiger partial charge in [-0.15, -0.1) is 5.10 Å². The zero-order valence-corrected chi connectivity index (χ0v) is 12.0. The van der Waals surface area contributed by atoms with Crippen LogP contribution in [0.4, 0.5) is 6.01 Å². The molecule has 0 bridgehead atoms. The zero-order chi connectivity index (χ0) is 14.5. The maximum atomic E-state index is 11.9. The van der Waals surface area contributed by atoms with Gasteiger partial charge in [0.2, 0.25) is 11.8 Å². The van der Waals surface area contributed by atoms with E-state index in [4.69, 9.17) is 9.52 Å². The average Bonchev–Trinajstić information content (AvgIpc) is 3.15. The van der Waals surface area contributed by atoms with E-state index in [1.54, 1.807) is 0 Å². The molecule has 0 spiro atoms. The number of carbonyl (C=O) groups is 1. The van der Waals surface area contributed by atoms with Gasteiger partial charge < -0.3 is 9.52 Å². The van der Waals surface area contributed by atoms with E-state index in [1.165, 1.54) is 0 Å². The van der Waals surface area contributed by atoms with Crippen LogP contribution in [0.5, 0.6) is 0 Å². The first-order valence-corrected chi connectivity index (χ1v) is 7.08. The molecule has 2 N–H and O–H groups in total. The molecular formula is C13H22N4O3. The predicted molar refractivity (Wildman–Crippen MR) is 73.3 cm³/mol. The Balaban J connectivity index is 1.82. The number of anilines is 1. The van der Waals surface area contributed by atoms with Gasteiger partial charge in [-0.3, -0.25) is 15.0 Å². The van der Waals surface area contributed by atoms with Crippen LogP contribution in [0.1, 0.15) is 44.9 Å². The molecule has 20 heavy (non-hydrogen) atoms. The SMILES string of the molecule is CC(C)N(CCCO)CC(=O)Nc1nnc(C2CC2)o1. The topological polar surface area (TPSA) is 91.5 Å². The highest BCUT2D eigenvalue weighted by molar-refractivity contribution is 5.90. The van der Waals surface area contributed by atoms with Gasteiger partial charge in [0.15, 0.2) is 0 Å². The van der Waals surface area contributed by atoms with Crippen LogP contribution in [0.15, 0.2) is 4.42 Å². The van der Waals surface area contributed by atoms with Crippen molar-refractivity contribution in [3.8, 4) is 0 Å². The normalized spacial score (nSPS) is 15.1. The quantitative estimate of drug-likeness (QED) is 0.738. The minimum absolute atomic E-state index is 0.124. The number of hydrogen-bond acceptors (Lipinski definition) is 6. The Labute approximate surface area is 118 Å². The molecule has 1 aromatic heterocycles. The lowest BCUT2D eigenvalue weighted by molar-refractivity contribution is -0.117. The highest BCUT2D eigenvalue weighted by Gasteiger charge is 2.29. The van der Waals surface area contributed by atoms with Crippen molar-refractivity contribution >= 4 is 11.9 Å². The first-order valence-electron chi connectivity index (χ1n) is 7.08. The maximum Gasteiger partial charge on any atom is 0.322 e. The molecule has 1 aromatic rings. The summed E-state index contributed by atoms with van der Waals surface area (Å²) in [6.45, 7) is 5.09. The summed E-state index contributed by atoms with van der Waals surface area (Å²) in [5.41, 5.74) is 0. The molecule has 0 saturated heterocycles. The second-order valence-corrected chi connectivity index (χ2v) is 5.41. The number of amides is 1. The number of nitrogens with zero attached hydrogens (tertiary/aromatic N) is 3. The van der Waals surface area contributed by atoms with Crippen molar-refractivity contribution in [1.82, 2.24) is 15.1 Å². The molecule has 7 nitrogen and oxygen atoms in total. The molecule has 0 aliphatic heterocycles. The maximum absolute atomic E-state index is 11.9. The molecule has 1 saturated carbocycles. The van der Waals surface area contributed by atoms with E-state index < -0.39 is 0 Å². The van der Waals surface area contributed by atoms with E-state index in [9.17, 15) is 4.79 Å². The lowest BCUT2D eigenvalue weighted by Gasteiger charge is -2.24. The van der Waals surface area contributed by atoms with E-state index in [0.717, 1.165) is 12.8 Å². The Morgan fingerprint density at radius 1 is 1.50 bits per heavy atom. The Hall–Kier alpha value is -1.47. The molecule has 112 valence electrons. The van der Waals surface area contributed by atoms with Crippen LogP contribution in [0.2, 0.25) is 0 Å². The van der Waals surface area contributed by atoms with Gasteiger partial charge in [0.05, 0.1) is 6.54 Å². The third-order valence-electron chi connectivity index (χ3n) is 3.29. The van der Waals surface area contributed by atoms with Crippen molar-refractivity contribution in [2.45, 2.75) is 45.1 Å². The van der Waals surface area contributed by atoms with Crippen LogP contribution in [-0.2, 0) is 4.79 Å². The molecule has 7 heteroatoms. The minimum Gasteiger partial charge on any atom is -0.408 e. The van der Waals surface area contributed by atoms with Gasteiger partial charge in [-0.25, -0.2) is 0 Å². The molecule has 1 amide bonds. The van der Waals surface area contributed by atoms with Crippen molar-refractivity contribution in [3.05, 3.63) is 5.89 Å². The number of nitrogens with one attached hydrogen (secondary N) is 1. The molecule has 1 fully saturated rings. The van der Waals surface area contributed by atoms with Crippen molar-refractivity contribution in [3.63, 3.8) is 0 Å². The second-order valence-electron chi connectivity index (χ2n) is 5.41. The standard InChI is InChI=1S/C13H22N4O3/c1-9(2)17(6-3-7-18)8-11(19)14-13-16-15-12(20-13)10-4-5-10/h9-10,18H,3-8H2,1-2H3,(H,14,16,19). The van der Waals surface area contributed by atoms with Crippen molar-refractivity contribution < 1.29 is 14.3 Å². The third kappa shape index (κ3) is 4.28. The third-order valence-corrected chi connectivity index (χ3v) is 3.29. The molecule has 0 atom stereocenters. The lowest BCUT2D eigenvalue weighted by atomic mass is 10.3. The summed E-state index contributed by atoms with van der Waals surface area (Å²) in [7, 11) is 0. The summed E-state index contributed by atoms with van der Waals surface area (Å²) in [5.74, 6) is 0.814. The summed E-state index contributed by atoms with van der Waals surface area (Å²) >= 11 is 0. The van der Waals surface area contributed by atoms with Gasteiger partial charge in [-0.05, 0) is 33.1 Å². The molecule has 2 rings (SSSR count). The number of rotatable bonds is 8. The summed E-state index contributed by atoms with van der Waals surface area (Å²) in [4.78, 5) is 13.9. The Kier molecular flexibility index (Phi) is 5.08. The van der Waals surface area contributed by atoms with E-state index in [1.807, 2.05) is 18.7 Å². The fourth-order valence-corrected chi connectivity index (χ4v) is 1.92. The second kappa shape index (κ2) is 6.81. The van der Waals surface area contributed by atoms with E-state index >= 15 is 0 Å². The fraction of sp³-hybridized carbons (Fsp3) is 0.769. The number of aliphatic hydroxyl groups excluding tert-OH is 1. The molecule has 0 unspecified atom stereocenters. The van der Waals surface area contributed by atoms with Crippen LogP contribution in [0.25, 0.3) is 0 Å². The van der Waals surface area contributed by atoms with Gasteiger partial charge in [0, 0.05) is 25.1 Å². The van der Waals surface area contributed by atoms with E-state index in [2.05, 4.69) is 15.5 Å². The van der Waals surface area contributed by atoms with Crippen LogP contribution < -0.4 is 5.32 Å². The van der Waals surface area contributed by atoms with Crippen molar-refractivity contribution in [1.29, 1.82) is 0 Å².